The molecule has 2 nitrogen and oxygen atoms in total. The number of hydrogen-bond acceptors (Lipinski definition) is 1. The highest BCUT2D eigenvalue weighted by molar-refractivity contribution is 9.08. The molecule has 0 heterocycles. The van der Waals surface area contributed by atoms with E-state index in [-0.39, 0.29) is 5.91 Å². The van der Waals surface area contributed by atoms with Crippen molar-refractivity contribution in [1.29, 1.82) is 0 Å². The first-order valence-corrected chi connectivity index (χ1v) is 8.08. The van der Waals surface area contributed by atoms with Gasteiger partial charge in [0, 0.05) is 16.9 Å². The van der Waals surface area contributed by atoms with Gasteiger partial charge in [-0.15, -0.1) is 0 Å². The second kappa shape index (κ2) is 6.08. The maximum atomic E-state index is 12.2. The number of amides is 1. The molecule has 3 heteroatoms. The first-order chi connectivity index (χ1) is 9.00. The van der Waals surface area contributed by atoms with Crippen molar-refractivity contribution in [2.45, 2.75) is 50.9 Å². The van der Waals surface area contributed by atoms with Crippen LogP contribution in [-0.2, 0) is 5.33 Å². The fourth-order valence-corrected chi connectivity index (χ4v) is 2.93. The average Bonchev–Trinajstić information content (AvgIpc) is 2.41. The quantitative estimate of drug-likeness (QED) is 0.826. The fraction of sp³-hybridized carbons (Fsp3) is 0.562. The molecule has 0 atom stereocenters. The van der Waals surface area contributed by atoms with Crippen molar-refractivity contribution in [3.8, 4) is 0 Å². The van der Waals surface area contributed by atoms with E-state index >= 15 is 0 Å². The number of halogens is 1. The summed E-state index contributed by atoms with van der Waals surface area (Å²) in [4.78, 5) is 12.2. The van der Waals surface area contributed by atoms with Crippen LogP contribution in [-0.4, -0.2) is 11.9 Å². The van der Waals surface area contributed by atoms with Gasteiger partial charge in [-0.05, 0) is 48.8 Å². The van der Waals surface area contributed by atoms with Crippen LogP contribution in [0, 0.1) is 5.41 Å². The summed E-state index contributed by atoms with van der Waals surface area (Å²) in [5.74, 6) is 0.0610. The van der Waals surface area contributed by atoms with E-state index < -0.39 is 0 Å². The smallest absolute Gasteiger partial charge is 0.251 e. The Morgan fingerprint density at radius 3 is 2.37 bits per heavy atom. The molecular formula is C16H22BrNO. The largest absolute Gasteiger partial charge is 0.349 e. The minimum atomic E-state index is 0.0610. The summed E-state index contributed by atoms with van der Waals surface area (Å²) in [5, 5.41) is 3.99. The van der Waals surface area contributed by atoms with Gasteiger partial charge in [-0.2, -0.15) is 0 Å². The highest BCUT2D eigenvalue weighted by atomic mass is 79.9. The van der Waals surface area contributed by atoms with Gasteiger partial charge in [0.05, 0.1) is 0 Å². The summed E-state index contributed by atoms with van der Waals surface area (Å²) in [6, 6.07) is 8.13. The predicted octanol–water partition coefficient (Wildman–Crippen LogP) is 4.28. The van der Waals surface area contributed by atoms with E-state index in [4.69, 9.17) is 0 Å². The van der Waals surface area contributed by atoms with Crippen molar-refractivity contribution in [3.63, 3.8) is 0 Å². The van der Waals surface area contributed by atoms with Crippen molar-refractivity contribution >= 4 is 21.8 Å². The summed E-state index contributed by atoms with van der Waals surface area (Å²) in [7, 11) is 0. The molecule has 1 aliphatic carbocycles. The van der Waals surface area contributed by atoms with Crippen molar-refractivity contribution in [2.24, 2.45) is 5.41 Å². The second-order valence-electron chi connectivity index (χ2n) is 6.24. The summed E-state index contributed by atoms with van der Waals surface area (Å²) < 4.78 is 0. The molecule has 1 saturated carbocycles. The van der Waals surface area contributed by atoms with Crippen molar-refractivity contribution in [1.82, 2.24) is 5.32 Å². The maximum absolute atomic E-state index is 12.2. The van der Waals surface area contributed by atoms with Crippen LogP contribution in [0.5, 0.6) is 0 Å². The van der Waals surface area contributed by atoms with Gasteiger partial charge in [0.2, 0.25) is 0 Å². The topological polar surface area (TPSA) is 29.1 Å². The number of benzene rings is 1. The minimum Gasteiger partial charge on any atom is -0.349 e. The number of carbonyl (C=O) groups is 1. The Morgan fingerprint density at radius 2 is 1.84 bits per heavy atom. The molecule has 1 aromatic carbocycles. The highest BCUT2D eigenvalue weighted by Crippen LogP contribution is 2.35. The molecule has 0 radical (unpaired) electrons. The van der Waals surface area contributed by atoms with E-state index in [1.54, 1.807) is 0 Å². The van der Waals surface area contributed by atoms with Gasteiger partial charge in [0.15, 0.2) is 0 Å². The molecule has 2 rings (SSSR count). The van der Waals surface area contributed by atoms with Crippen LogP contribution in [0.15, 0.2) is 24.3 Å². The lowest BCUT2D eigenvalue weighted by Gasteiger charge is -2.34. The third-order valence-corrected chi connectivity index (χ3v) is 4.69. The minimum absolute atomic E-state index is 0.0610. The van der Waals surface area contributed by atoms with Crippen molar-refractivity contribution in [3.05, 3.63) is 35.4 Å². The Morgan fingerprint density at radius 1 is 1.26 bits per heavy atom. The first-order valence-electron chi connectivity index (χ1n) is 6.96. The van der Waals surface area contributed by atoms with Crippen LogP contribution in [0.2, 0.25) is 0 Å². The number of carbonyl (C=O) groups excluding carboxylic acids is 1. The van der Waals surface area contributed by atoms with E-state index in [1.807, 2.05) is 24.3 Å². The summed E-state index contributed by atoms with van der Waals surface area (Å²) >= 11 is 3.41. The van der Waals surface area contributed by atoms with E-state index in [1.165, 1.54) is 18.4 Å². The Hall–Kier alpha value is -0.830. The van der Waals surface area contributed by atoms with Gasteiger partial charge in [0.25, 0.3) is 5.91 Å². The predicted molar refractivity (Wildman–Crippen MR) is 82.6 cm³/mol. The first kappa shape index (κ1) is 14.6. The number of nitrogens with one attached hydrogen (secondary N) is 1. The molecule has 0 aliphatic heterocycles. The number of alkyl halides is 1. The Bertz CT molecular complexity index is 429. The fourth-order valence-electron chi connectivity index (χ4n) is 2.56. The lowest BCUT2D eigenvalue weighted by molar-refractivity contribution is 0.0909. The standard InChI is InChI=1S/C16H22BrNO/c1-16(2)9-7-14(8-10-16)18-15(19)13-5-3-12(11-17)4-6-13/h3-6,14H,7-11H2,1-2H3,(H,18,19). The van der Waals surface area contributed by atoms with Crippen molar-refractivity contribution in [2.75, 3.05) is 0 Å². The van der Waals surface area contributed by atoms with Gasteiger partial charge in [-0.3, -0.25) is 4.79 Å². The lowest BCUT2D eigenvalue weighted by Crippen LogP contribution is -2.39. The summed E-state index contributed by atoms with van der Waals surface area (Å²) in [6.45, 7) is 4.62. The Balaban J connectivity index is 1.90. The second-order valence-corrected chi connectivity index (χ2v) is 6.80. The van der Waals surface area contributed by atoms with Crippen molar-refractivity contribution < 1.29 is 4.79 Å². The Kier molecular flexibility index (Phi) is 4.67. The molecular weight excluding hydrogens is 302 g/mol. The van der Waals surface area contributed by atoms with Crippen LogP contribution in [0.1, 0.15) is 55.5 Å². The zero-order valence-electron chi connectivity index (χ0n) is 11.7. The summed E-state index contributed by atoms with van der Waals surface area (Å²) in [5.41, 5.74) is 2.39. The Labute approximate surface area is 124 Å². The molecule has 104 valence electrons. The molecule has 0 spiro atoms. The molecule has 0 saturated heterocycles. The van der Waals surface area contributed by atoms with Crippen LogP contribution >= 0.6 is 15.9 Å². The molecule has 1 amide bonds. The van der Waals surface area contributed by atoms with Gasteiger partial charge >= 0.3 is 0 Å². The van der Waals surface area contributed by atoms with E-state index in [0.29, 0.717) is 11.5 Å². The van der Waals surface area contributed by atoms with Crippen LogP contribution < -0.4 is 5.32 Å². The SMILES string of the molecule is CC1(C)CCC(NC(=O)c2ccc(CBr)cc2)CC1. The average molecular weight is 324 g/mol. The molecule has 1 N–H and O–H groups in total. The summed E-state index contributed by atoms with van der Waals surface area (Å²) in [6.07, 6.45) is 4.58. The van der Waals surface area contributed by atoms with Crippen LogP contribution in [0.3, 0.4) is 0 Å². The van der Waals surface area contributed by atoms with Crippen LogP contribution in [0.25, 0.3) is 0 Å². The van der Waals surface area contributed by atoms with Gasteiger partial charge in [-0.25, -0.2) is 0 Å². The van der Waals surface area contributed by atoms with Gasteiger partial charge < -0.3 is 5.32 Å². The van der Waals surface area contributed by atoms with E-state index in [2.05, 4.69) is 35.1 Å². The highest BCUT2D eigenvalue weighted by Gasteiger charge is 2.27. The molecule has 1 aromatic rings. The number of rotatable bonds is 3. The third kappa shape index (κ3) is 4.07. The maximum Gasteiger partial charge on any atom is 0.251 e. The van der Waals surface area contributed by atoms with E-state index in [0.717, 1.165) is 23.7 Å². The molecule has 0 bridgehead atoms. The van der Waals surface area contributed by atoms with Gasteiger partial charge in [0.1, 0.15) is 0 Å². The monoisotopic (exact) mass is 323 g/mol. The van der Waals surface area contributed by atoms with E-state index in [9.17, 15) is 4.79 Å². The van der Waals surface area contributed by atoms with Crippen LogP contribution in [0.4, 0.5) is 0 Å². The molecule has 1 aliphatic rings. The number of hydrogen-bond donors (Lipinski definition) is 1. The zero-order chi connectivity index (χ0) is 13.9. The lowest BCUT2D eigenvalue weighted by atomic mass is 9.75. The zero-order valence-corrected chi connectivity index (χ0v) is 13.3. The third-order valence-electron chi connectivity index (χ3n) is 4.04. The van der Waals surface area contributed by atoms with Gasteiger partial charge in [-0.1, -0.05) is 41.9 Å². The molecule has 0 unspecified atom stereocenters. The molecule has 0 aromatic heterocycles. The molecule has 1 fully saturated rings. The normalized spacial score (nSPS) is 19.1. The molecule has 19 heavy (non-hydrogen) atoms.